The lowest BCUT2D eigenvalue weighted by Crippen LogP contribution is -2.11. The van der Waals surface area contributed by atoms with Crippen LogP contribution in [0.1, 0.15) is 17.0 Å². The molecule has 118 valence electrons. The van der Waals surface area contributed by atoms with Gasteiger partial charge in [-0.25, -0.2) is 14.6 Å². The number of aromatic nitrogens is 4. The highest BCUT2D eigenvalue weighted by Gasteiger charge is 2.12. The van der Waals surface area contributed by atoms with Crippen molar-refractivity contribution in [3.63, 3.8) is 0 Å². The molecule has 0 aliphatic heterocycles. The molecule has 23 heavy (non-hydrogen) atoms. The molecule has 0 saturated heterocycles. The minimum absolute atomic E-state index is 0.465. The minimum Gasteiger partial charge on any atom is -0.393 e. The molecule has 2 aromatic heterocycles. The van der Waals surface area contributed by atoms with Crippen LogP contribution in [0.5, 0.6) is 0 Å². The van der Waals surface area contributed by atoms with E-state index in [1.165, 1.54) is 6.33 Å². The average molecular weight is 329 g/mol. The monoisotopic (exact) mass is 328 g/mol. The third-order valence-corrected chi connectivity index (χ3v) is 3.70. The Morgan fingerprint density at radius 3 is 2.57 bits per heavy atom. The zero-order chi connectivity index (χ0) is 16.4. The molecule has 3 aromatic rings. The van der Waals surface area contributed by atoms with Crippen molar-refractivity contribution < 1.29 is 0 Å². The van der Waals surface area contributed by atoms with Crippen LogP contribution < -0.4 is 11.1 Å². The second-order valence-electron chi connectivity index (χ2n) is 5.28. The summed E-state index contributed by atoms with van der Waals surface area (Å²) in [6.45, 7) is 4.48. The fraction of sp³-hybridized carbons (Fsp3) is 0.188. The molecule has 7 heteroatoms. The summed E-state index contributed by atoms with van der Waals surface area (Å²) in [7, 11) is 0. The Morgan fingerprint density at radius 1 is 1.17 bits per heavy atom. The summed E-state index contributed by atoms with van der Waals surface area (Å²) in [4.78, 5) is 8.48. The molecule has 2 heterocycles. The average Bonchev–Trinajstić information content (AvgIpc) is 2.86. The van der Waals surface area contributed by atoms with Gasteiger partial charge in [0.1, 0.15) is 12.0 Å². The van der Waals surface area contributed by atoms with Crippen LogP contribution >= 0.6 is 11.6 Å². The van der Waals surface area contributed by atoms with E-state index >= 15 is 0 Å². The third kappa shape index (κ3) is 3.27. The fourth-order valence-electron chi connectivity index (χ4n) is 2.33. The maximum atomic E-state index is 6.21. The Bertz CT molecular complexity index is 825. The number of hydrogen-bond acceptors (Lipinski definition) is 5. The largest absolute Gasteiger partial charge is 0.393 e. The van der Waals surface area contributed by atoms with Crippen molar-refractivity contribution in [1.82, 2.24) is 19.7 Å². The van der Waals surface area contributed by atoms with Gasteiger partial charge in [0.15, 0.2) is 11.6 Å². The van der Waals surface area contributed by atoms with E-state index < -0.39 is 0 Å². The highest BCUT2D eigenvalue weighted by Crippen LogP contribution is 2.23. The molecule has 1 aromatic carbocycles. The highest BCUT2D eigenvalue weighted by atomic mass is 35.5. The third-order valence-electron chi connectivity index (χ3n) is 3.45. The van der Waals surface area contributed by atoms with E-state index in [4.69, 9.17) is 17.3 Å². The van der Waals surface area contributed by atoms with E-state index in [0.29, 0.717) is 28.9 Å². The van der Waals surface area contributed by atoms with Gasteiger partial charge in [-0.15, -0.1) is 0 Å². The zero-order valence-electron chi connectivity index (χ0n) is 12.9. The van der Waals surface area contributed by atoms with Gasteiger partial charge in [0.05, 0.1) is 5.69 Å². The molecule has 0 unspecified atom stereocenters. The molecule has 0 atom stereocenters. The van der Waals surface area contributed by atoms with E-state index in [2.05, 4.69) is 20.4 Å². The van der Waals surface area contributed by atoms with Crippen molar-refractivity contribution in [3.05, 3.63) is 58.6 Å². The molecule has 0 amide bonds. The van der Waals surface area contributed by atoms with Crippen molar-refractivity contribution in [2.75, 3.05) is 11.1 Å². The van der Waals surface area contributed by atoms with Gasteiger partial charge in [-0.3, -0.25) is 0 Å². The number of anilines is 2. The standard InChI is InChI=1S/C16H17ClN6/c1-10-7-11(2)23(22-10)16-14(18)15(20-9-21-16)19-8-12-3-5-13(17)6-4-12/h3-7,9H,8,18H2,1-2H3,(H,19,20,21). The van der Waals surface area contributed by atoms with Gasteiger partial charge in [0.25, 0.3) is 0 Å². The van der Waals surface area contributed by atoms with Crippen molar-refractivity contribution in [3.8, 4) is 5.82 Å². The van der Waals surface area contributed by atoms with E-state index in [1.807, 2.05) is 44.2 Å². The smallest absolute Gasteiger partial charge is 0.182 e. The summed E-state index contributed by atoms with van der Waals surface area (Å²) < 4.78 is 1.72. The lowest BCUT2D eigenvalue weighted by atomic mass is 10.2. The van der Waals surface area contributed by atoms with Crippen LogP contribution in [0.15, 0.2) is 36.7 Å². The van der Waals surface area contributed by atoms with Gasteiger partial charge >= 0.3 is 0 Å². The zero-order valence-corrected chi connectivity index (χ0v) is 13.7. The molecule has 0 saturated carbocycles. The number of aryl methyl sites for hydroxylation is 2. The molecule has 0 radical (unpaired) electrons. The van der Waals surface area contributed by atoms with Crippen LogP contribution in [0.3, 0.4) is 0 Å². The van der Waals surface area contributed by atoms with Crippen LogP contribution in [0.25, 0.3) is 5.82 Å². The van der Waals surface area contributed by atoms with Crippen LogP contribution in [-0.2, 0) is 6.54 Å². The van der Waals surface area contributed by atoms with E-state index in [-0.39, 0.29) is 0 Å². The Labute approximate surface area is 139 Å². The van der Waals surface area contributed by atoms with Gasteiger partial charge < -0.3 is 11.1 Å². The number of nitrogen functional groups attached to an aromatic ring is 1. The molecule has 6 nitrogen and oxygen atoms in total. The molecular formula is C16H17ClN6. The van der Waals surface area contributed by atoms with Gasteiger partial charge in [-0.1, -0.05) is 23.7 Å². The predicted molar refractivity (Wildman–Crippen MR) is 91.8 cm³/mol. The molecule has 3 rings (SSSR count). The first-order chi connectivity index (χ1) is 11.0. The number of nitrogens with two attached hydrogens (primary N) is 1. The maximum Gasteiger partial charge on any atom is 0.182 e. The molecular weight excluding hydrogens is 312 g/mol. The summed E-state index contributed by atoms with van der Waals surface area (Å²) in [6, 6.07) is 9.58. The molecule has 3 N–H and O–H groups in total. The van der Waals surface area contributed by atoms with E-state index in [9.17, 15) is 0 Å². The maximum absolute atomic E-state index is 6.21. The van der Waals surface area contributed by atoms with Crippen molar-refractivity contribution in [1.29, 1.82) is 0 Å². The quantitative estimate of drug-likeness (QED) is 0.769. The molecule has 0 spiro atoms. The number of hydrogen-bond donors (Lipinski definition) is 2. The lowest BCUT2D eigenvalue weighted by Gasteiger charge is -2.12. The fourth-order valence-corrected chi connectivity index (χ4v) is 2.45. The van der Waals surface area contributed by atoms with E-state index in [0.717, 1.165) is 17.0 Å². The van der Waals surface area contributed by atoms with Crippen molar-refractivity contribution in [2.45, 2.75) is 20.4 Å². The highest BCUT2D eigenvalue weighted by molar-refractivity contribution is 6.30. The summed E-state index contributed by atoms with van der Waals surface area (Å²) in [5.74, 6) is 1.15. The Morgan fingerprint density at radius 2 is 1.91 bits per heavy atom. The van der Waals surface area contributed by atoms with Gasteiger partial charge in [-0.2, -0.15) is 5.10 Å². The number of benzene rings is 1. The van der Waals surface area contributed by atoms with Crippen LogP contribution in [0.2, 0.25) is 5.02 Å². The Balaban J connectivity index is 1.85. The Hall–Kier alpha value is -2.60. The topological polar surface area (TPSA) is 81.7 Å². The number of nitrogens with one attached hydrogen (secondary N) is 1. The second kappa shape index (κ2) is 6.26. The normalized spacial score (nSPS) is 10.7. The molecule has 0 aliphatic rings. The summed E-state index contributed by atoms with van der Waals surface area (Å²) in [5.41, 5.74) is 9.64. The molecule has 0 fully saturated rings. The van der Waals surface area contributed by atoms with Crippen molar-refractivity contribution in [2.24, 2.45) is 0 Å². The summed E-state index contributed by atoms with van der Waals surface area (Å²) >= 11 is 5.89. The SMILES string of the molecule is Cc1cc(C)n(-c2ncnc(NCc3ccc(Cl)cc3)c2N)n1. The van der Waals surface area contributed by atoms with Crippen molar-refractivity contribution >= 4 is 23.1 Å². The first kappa shape index (κ1) is 15.3. The Kier molecular flexibility index (Phi) is 4.16. The number of halogens is 1. The van der Waals surface area contributed by atoms with E-state index in [1.54, 1.807) is 4.68 Å². The van der Waals surface area contributed by atoms with Gasteiger partial charge in [0.2, 0.25) is 0 Å². The van der Waals surface area contributed by atoms with Crippen LogP contribution in [0, 0.1) is 13.8 Å². The van der Waals surface area contributed by atoms with Crippen LogP contribution in [0.4, 0.5) is 11.5 Å². The van der Waals surface area contributed by atoms with Crippen LogP contribution in [-0.4, -0.2) is 19.7 Å². The second-order valence-corrected chi connectivity index (χ2v) is 5.71. The number of rotatable bonds is 4. The first-order valence-electron chi connectivity index (χ1n) is 7.17. The first-order valence-corrected chi connectivity index (χ1v) is 7.55. The molecule has 0 aliphatic carbocycles. The lowest BCUT2D eigenvalue weighted by molar-refractivity contribution is 0.803. The minimum atomic E-state index is 0.465. The van der Waals surface area contributed by atoms with Gasteiger partial charge in [-0.05, 0) is 37.6 Å². The number of nitrogens with zero attached hydrogens (tertiary/aromatic N) is 4. The van der Waals surface area contributed by atoms with Gasteiger partial charge in [0, 0.05) is 17.3 Å². The summed E-state index contributed by atoms with van der Waals surface area (Å²) in [6.07, 6.45) is 1.48. The predicted octanol–water partition coefficient (Wildman–Crippen LogP) is 3.13. The molecule has 0 bridgehead atoms. The summed E-state index contributed by atoms with van der Waals surface area (Å²) in [5, 5.41) is 8.35.